The molecule has 0 aliphatic carbocycles. The van der Waals surface area contributed by atoms with Crippen LogP contribution in [0.15, 0.2) is 51.8 Å². The Labute approximate surface area is 245 Å². The number of H-pyrrole nitrogens is 1. The first-order valence-corrected chi connectivity index (χ1v) is 13.8. The summed E-state index contributed by atoms with van der Waals surface area (Å²) >= 11 is 8.05. The van der Waals surface area contributed by atoms with Gasteiger partial charge >= 0.3 is 11.8 Å². The van der Waals surface area contributed by atoms with Crippen molar-refractivity contribution in [3.63, 3.8) is 0 Å². The highest BCUT2D eigenvalue weighted by Gasteiger charge is 2.30. The molecular formula is C28H20ClN5O7S. The van der Waals surface area contributed by atoms with Crippen molar-refractivity contribution in [3.8, 4) is 28.0 Å². The second kappa shape index (κ2) is 9.89. The number of carboxylic acid groups (broad SMARTS) is 1. The molecule has 0 saturated heterocycles. The average molecular weight is 606 g/mol. The molecule has 14 heteroatoms. The fourth-order valence-corrected chi connectivity index (χ4v) is 6.32. The highest BCUT2D eigenvalue weighted by atomic mass is 35.5. The summed E-state index contributed by atoms with van der Waals surface area (Å²) in [5.41, 5.74) is 4.72. The maximum Gasteiger partial charge on any atom is 0.417 e. The zero-order chi connectivity index (χ0) is 29.1. The normalized spacial score (nSPS) is 14.5. The summed E-state index contributed by atoms with van der Waals surface area (Å²) in [5, 5.41) is 11.0. The number of ether oxygens (including phenoxy) is 3. The van der Waals surface area contributed by atoms with Gasteiger partial charge in [-0.3, -0.25) is 9.88 Å². The molecule has 2 N–H and O–H groups in total. The molecule has 4 heterocycles. The molecule has 7 rings (SSSR count). The first-order chi connectivity index (χ1) is 20.3. The molecule has 0 fully saturated rings. The number of fused-ring (bicyclic) bond motifs is 5. The lowest BCUT2D eigenvalue weighted by Crippen LogP contribution is -2.43. The van der Waals surface area contributed by atoms with E-state index in [-0.39, 0.29) is 18.7 Å². The number of amides is 1. The quantitative estimate of drug-likeness (QED) is 0.252. The van der Waals surface area contributed by atoms with E-state index in [0.29, 0.717) is 59.9 Å². The molecule has 1 aliphatic heterocycles. The van der Waals surface area contributed by atoms with Gasteiger partial charge in [0, 0.05) is 17.7 Å². The number of aromatic amines is 1. The predicted octanol–water partition coefficient (Wildman–Crippen LogP) is 5.64. The third kappa shape index (κ3) is 4.43. The van der Waals surface area contributed by atoms with Crippen LogP contribution < -0.4 is 24.9 Å². The Morgan fingerprint density at radius 3 is 2.90 bits per heavy atom. The molecule has 0 bridgehead atoms. The number of methoxy groups -OCH3 is 1. The van der Waals surface area contributed by atoms with Crippen LogP contribution in [0, 0.1) is 6.92 Å². The number of nitrogens with one attached hydrogen (secondary N) is 1. The van der Waals surface area contributed by atoms with E-state index < -0.39 is 18.0 Å². The SMILES string of the molecule is COc1cnc2c(-c3nc4c(Cl)cc5c(c4s3)OC[C@@H](CN(C(=O)O)c3ccc4[nH]c(=O)oc4c3)O5)cc(C)cc2n1. The molecule has 0 radical (unpaired) electrons. The Morgan fingerprint density at radius 2 is 2.10 bits per heavy atom. The van der Waals surface area contributed by atoms with Crippen LogP contribution in [0.4, 0.5) is 10.5 Å². The van der Waals surface area contributed by atoms with Crippen molar-refractivity contribution >= 4 is 67.1 Å². The third-order valence-corrected chi connectivity index (χ3v) is 8.17. The number of aryl methyl sites for hydroxylation is 1. The lowest BCUT2D eigenvalue weighted by molar-refractivity contribution is 0.0962. The van der Waals surface area contributed by atoms with Crippen LogP contribution in [0.1, 0.15) is 5.56 Å². The number of thiazole rings is 1. The molecule has 1 amide bonds. The van der Waals surface area contributed by atoms with Gasteiger partial charge in [0.2, 0.25) is 5.88 Å². The topological polar surface area (TPSA) is 153 Å². The summed E-state index contributed by atoms with van der Waals surface area (Å²) < 4.78 is 23.4. The summed E-state index contributed by atoms with van der Waals surface area (Å²) in [5.74, 6) is 0.660. The van der Waals surface area contributed by atoms with Crippen molar-refractivity contribution in [1.82, 2.24) is 19.9 Å². The van der Waals surface area contributed by atoms with Crippen molar-refractivity contribution in [2.45, 2.75) is 13.0 Å². The summed E-state index contributed by atoms with van der Waals surface area (Å²) in [4.78, 5) is 41.2. The van der Waals surface area contributed by atoms with Gasteiger partial charge in [0.1, 0.15) is 21.8 Å². The number of benzene rings is 3. The van der Waals surface area contributed by atoms with E-state index in [9.17, 15) is 14.7 Å². The van der Waals surface area contributed by atoms with Crippen LogP contribution in [-0.4, -0.2) is 57.5 Å². The van der Waals surface area contributed by atoms with Gasteiger partial charge in [0.15, 0.2) is 23.2 Å². The first kappa shape index (κ1) is 26.0. The molecule has 1 atom stereocenters. The fraction of sp³-hybridized carbons (Fsp3) is 0.179. The molecule has 1 aliphatic rings. The number of nitrogens with zero attached hydrogens (tertiary/aromatic N) is 4. The number of rotatable bonds is 5. The van der Waals surface area contributed by atoms with Crippen LogP contribution in [0.5, 0.6) is 17.4 Å². The smallest absolute Gasteiger partial charge is 0.417 e. The van der Waals surface area contributed by atoms with E-state index in [0.717, 1.165) is 16.0 Å². The van der Waals surface area contributed by atoms with Crippen LogP contribution in [0.2, 0.25) is 5.02 Å². The van der Waals surface area contributed by atoms with Crippen LogP contribution >= 0.6 is 22.9 Å². The minimum Gasteiger partial charge on any atom is -0.484 e. The molecule has 0 spiro atoms. The fourth-order valence-electron chi connectivity index (χ4n) is 4.92. The van der Waals surface area contributed by atoms with Gasteiger partial charge in [-0.25, -0.2) is 24.5 Å². The number of hydrogen-bond acceptors (Lipinski definition) is 10. The van der Waals surface area contributed by atoms with Crippen molar-refractivity contribution in [2.24, 2.45) is 0 Å². The number of hydrogen-bond donors (Lipinski definition) is 2. The van der Waals surface area contributed by atoms with Gasteiger partial charge in [-0.2, -0.15) is 0 Å². The van der Waals surface area contributed by atoms with Gasteiger partial charge < -0.3 is 23.7 Å². The molecule has 42 heavy (non-hydrogen) atoms. The minimum atomic E-state index is -1.20. The zero-order valence-electron chi connectivity index (χ0n) is 22.0. The van der Waals surface area contributed by atoms with Crippen LogP contribution in [0.3, 0.4) is 0 Å². The van der Waals surface area contributed by atoms with Gasteiger partial charge in [-0.1, -0.05) is 11.6 Å². The van der Waals surface area contributed by atoms with Gasteiger partial charge in [0.25, 0.3) is 0 Å². The molecule has 12 nitrogen and oxygen atoms in total. The second-order valence-corrected chi connectivity index (χ2v) is 11.0. The molecule has 3 aromatic carbocycles. The van der Waals surface area contributed by atoms with E-state index in [1.165, 1.54) is 17.4 Å². The molecule has 0 unspecified atom stereocenters. The van der Waals surface area contributed by atoms with Crippen LogP contribution in [-0.2, 0) is 0 Å². The highest BCUT2D eigenvalue weighted by Crippen LogP contribution is 2.47. The van der Waals surface area contributed by atoms with Gasteiger partial charge in [-0.05, 0) is 36.8 Å². The largest absolute Gasteiger partial charge is 0.484 e. The molecular weight excluding hydrogens is 586 g/mol. The summed E-state index contributed by atoms with van der Waals surface area (Å²) in [6.07, 6.45) is -0.282. The minimum absolute atomic E-state index is 0.0457. The summed E-state index contributed by atoms with van der Waals surface area (Å²) in [6, 6.07) is 10.2. The Kier molecular flexibility index (Phi) is 6.13. The maximum atomic E-state index is 12.2. The Balaban J connectivity index is 1.22. The molecule has 212 valence electrons. The van der Waals surface area contributed by atoms with E-state index >= 15 is 0 Å². The number of halogens is 1. The Bertz CT molecular complexity index is 2110. The molecule has 0 saturated carbocycles. The van der Waals surface area contributed by atoms with Crippen molar-refractivity contribution in [1.29, 1.82) is 0 Å². The lowest BCUT2D eigenvalue weighted by Gasteiger charge is -2.30. The average Bonchev–Trinajstić information content (AvgIpc) is 3.58. The number of oxazole rings is 1. The zero-order valence-corrected chi connectivity index (χ0v) is 23.6. The Hall–Kier alpha value is -4.88. The van der Waals surface area contributed by atoms with Crippen molar-refractivity contribution < 1.29 is 28.5 Å². The molecule has 3 aromatic heterocycles. The third-order valence-electron chi connectivity index (χ3n) is 6.79. The monoisotopic (exact) mass is 605 g/mol. The van der Waals surface area contributed by atoms with E-state index in [2.05, 4.69) is 15.0 Å². The van der Waals surface area contributed by atoms with E-state index in [4.69, 9.17) is 35.2 Å². The number of anilines is 1. The van der Waals surface area contributed by atoms with Crippen LogP contribution in [0.25, 0.3) is 42.9 Å². The summed E-state index contributed by atoms with van der Waals surface area (Å²) in [6.45, 7) is 2.01. The maximum absolute atomic E-state index is 12.2. The van der Waals surface area contributed by atoms with Gasteiger partial charge in [-0.15, -0.1) is 11.3 Å². The van der Waals surface area contributed by atoms with E-state index in [1.54, 1.807) is 31.5 Å². The number of aromatic nitrogens is 4. The highest BCUT2D eigenvalue weighted by molar-refractivity contribution is 7.22. The molecule has 6 aromatic rings. The van der Waals surface area contributed by atoms with Crippen molar-refractivity contribution in [3.05, 3.63) is 63.7 Å². The second-order valence-electron chi connectivity index (χ2n) is 9.61. The Morgan fingerprint density at radius 1 is 1.24 bits per heavy atom. The first-order valence-electron chi connectivity index (χ1n) is 12.6. The number of carbonyl (C=O) groups is 1. The predicted molar refractivity (Wildman–Crippen MR) is 157 cm³/mol. The standard InChI is InChI=1S/C28H20ClN5O7S/c1-12-5-15(22-18(6-12)31-21(38-2)9-30-22)26-33-23-16(29)8-20-24(25(23)42-26)39-11-14(40-20)10-34(28(36)37)13-3-4-17-19(7-13)41-27(35)32-17/h3-9,14H,10-11H2,1-2H3,(H,32,35)(H,36,37)/t14-/m1/s1. The summed E-state index contributed by atoms with van der Waals surface area (Å²) in [7, 11) is 1.54. The van der Waals surface area contributed by atoms with Gasteiger partial charge in [0.05, 0.1) is 47.1 Å². The van der Waals surface area contributed by atoms with E-state index in [1.807, 2.05) is 19.1 Å². The lowest BCUT2D eigenvalue weighted by atomic mass is 10.1. The van der Waals surface area contributed by atoms with Crippen molar-refractivity contribution in [2.75, 3.05) is 25.2 Å².